The highest BCUT2D eigenvalue weighted by Crippen LogP contribution is 2.24. The molecule has 0 aliphatic rings. The molecule has 1 aromatic carbocycles. The molecule has 6 heteroatoms. The lowest BCUT2D eigenvalue weighted by Crippen LogP contribution is -2.13. The summed E-state index contributed by atoms with van der Waals surface area (Å²) in [4.78, 5) is 10.4. The van der Waals surface area contributed by atoms with Crippen LogP contribution in [0.25, 0.3) is 0 Å². The Balaban J connectivity index is 2.73. The molecule has 0 saturated carbocycles. The Morgan fingerprint density at radius 2 is 2.21 bits per heavy atom. The van der Waals surface area contributed by atoms with Gasteiger partial charge in [0.2, 0.25) is 0 Å². The van der Waals surface area contributed by atoms with Crippen LogP contribution in [0, 0.1) is 10.1 Å². The zero-order chi connectivity index (χ0) is 14.1. The number of non-ortho nitro benzene ring substituents is 1. The van der Waals surface area contributed by atoms with Gasteiger partial charge in [-0.15, -0.1) is 0 Å². The number of nitro benzene ring substituents is 1. The lowest BCUT2D eigenvalue weighted by Gasteiger charge is -2.11. The minimum absolute atomic E-state index is 0.100. The second kappa shape index (κ2) is 8.77. The third-order valence-corrected chi connectivity index (χ3v) is 3.37. The maximum Gasteiger partial charge on any atom is 0.270 e. The van der Waals surface area contributed by atoms with Gasteiger partial charge in [0.25, 0.3) is 5.69 Å². The highest BCUT2D eigenvalue weighted by molar-refractivity contribution is 7.99. The van der Waals surface area contributed by atoms with Crippen molar-refractivity contribution in [3.8, 4) is 5.75 Å². The lowest BCUT2D eigenvalue weighted by molar-refractivity contribution is -0.384. The largest absolute Gasteiger partial charge is 0.492 e. The second-order valence-electron chi connectivity index (χ2n) is 3.87. The first-order valence-electron chi connectivity index (χ1n) is 6.37. The van der Waals surface area contributed by atoms with Gasteiger partial charge in [-0.25, -0.2) is 0 Å². The number of nitrogens with one attached hydrogen (secondary N) is 1. The molecule has 5 nitrogen and oxygen atoms in total. The van der Waals surface area contributed by atoms with Gasteiger partial charge >= 0.3 is 0 Å². The quantitative estimate of drug-likeness (QED) is 0.429. The minimum Gasteiger partial charge on any atom is -0.492 e. The lowest BCUT2D eigenvalue weighted by atomic mass is 10.1. The van der Waals surface area contributed by atoms with Crippen LogP contribution < -0.4 is 10.1 Å². The molecular formula is C13H20N2O3S. The van der Waals surface area contributed by atoms with Crippen molar-refractivity contribution in [2.75, 3.05) is 24.7 Å². The fraction of sp³-hybridized carbons (Fsp3) is 0.538. The number of benzene rings is 1. The molecule has 0 aliphatic carbocycles. The van der Waals surface area contributed by atoms with E-state index in [0.29, 0.717) is 13.2 Å². The van der Waals surface area contributed by atoms with Crippen LogP contribution in [-0.4, -0.2) is 29.6 Å². The fourth-order valence-corrected chi connectivity index (χ4v) is 2.06. The normalized spacial score (nSPS) is 10.4. The average molecular weight is 284 g/mol. The Bertz CT molecular complexity index is 413. The predicted octanol–water partition coefficient (Wildman–Crippen LogP) is 2.84. The van der Waals surface area contributed by atoms with E-state index in [1.165, 1.54) is 6.07 Å². The summed E-state index contributed by atoms with van der Waals surface area (Å²) in [5.41, 5.74) is 0.931. The van der Waals surface area contributed by atoms with Gasteiger partial charge in [-0.3, -0.25) is 10.1 Å². The molecule has 106 valence electrons. The molecule has 0 aliphatic heterocycles. The fourth-order valence-electron chi connectivity index (χ4n) is 1.57. The molecule has 0 bridgehead atoms. The van der Waals surface area contributed by atoms with Crippen LogP contribution in [0.2, 0.25) is 0 Å². The molecule has 0 fully saturated rings. The average Bonchev–Trinajstić information content (AvgIpc) is 2.41. The van der Waals surface area contributed by atoms with E-state index in [-0.39, 0.29) is 10.6 Å². The Kier molecular flexibility index (Phi) is 7.28. The molecular weight excluding hydrogens is 264 g/mol. The number of thioether (sulfide) groups is 1. The van der Waals surface area contributed by atoms with Gasteiger partial charge in [0.1, 0.15) is 5.75 Å². The second-order valence-corrected chi connectivity index (χ2v) is 5.27. The van der Waals surface area contributed by atoms with E-state index >= 15 is 0 Å². The molecule has 1 N–H and O–H groups in total. The summed E-state index contributed by atoms with van der Waals surface area (Å²) in [5.74, 6) is 2.71. The van der Waals surface area contributed by atoms with E-state index in [1.807, 2.05) is 18.7 Å². The predicted molar refractivity (Wildman–Crippen MR) is 79.0 cm³/mol. The van der Waals surface area contributed by atoms with Crippen molar-refractivity contribution < 1.29 is 9.66 Å². The minimum atomic E-state index is -0.383. The summed E-state index contributed by atoms with van der Waals surface area (Å²) >= 11 is 1.81. The molecule has 19 heavy (non-hydrogen) atoms. The smallest absolute Gasteiger partial charge is 0.270 e. The number of nitrogens with zero attached hydrogens (tertiary/aromatic N) is 1. The SMILES string of the molecule is CCNCc1cc([N+](=O)[O-])ccc1OCCSCC. The first-order chi connectivity index (χ1) is 9.19. The van der Waals surface area contributed by atoms with Crippen molar-refractivity contribution in [3.63, 3.8) is 0 Å². The highest BCUT2D eigenvalue weighted by Gasteiger charge is 2.11. The van der Waals surface area contributed by atoms with Crippen LogP contribution in [0.4, 0.5) is 5.69 Å². The van der Waals surface area contributed by atoms with Crippen LogP contribution in [0.15, 0.2) is 18.2 Å². The van der Waals surface area contributed by atoms with E-state index in [0.717, 1.165) is 29.4 Å². The summed E-state index contributed by atoms with van der Waals surface area (Å²) in [6.07, 6.45) is 0. The summed E-state index contributed by atoms with van der Waals surface area (Å²) in [7, 11) is 0. The topological polar surface area (TPSA) is 64.4 Å². The van der Waals surface area contributed by atoms with Crippen LogP contribution in [-0.2, 0) is 6.54 Å². The maximum absolute atomic E-state index is 10.8. The highest BCUT2D eigenvalue weighted by atomic mass is 32.2. The summed E-state index contributed by atoms with van der Waals surface area (Å²) in [5, 5.41) is 13.9. The van der Waals surface area contributed by atoms with Crippen LogP contribution >= 0.6 is 11.8 Å². The van der Waals surface area contributed by atoms with E-state index in [4.69, 9.17) is 4.74 Å². The van der Waals surface area contributed by atoms with E-state index in [2.05, 4.69) is 12.2 Å². The number of hydrogen-bond donors (Lipinski definition) is 1. The maximum atomic E-state index is 10.8. The van der Waals surface area contributed by atoms with Gasteiger partial charge in [-0.2, -0.15) is 11.8 Å². The Morgan fingerprint density at radius 1 is 1.42 bits per heavy atom. The van der Waals surface area contributed by atoms with Crippen molar-refractivity contribution in [2.24, 2.45) is 0 Å². The Hall–Kier alpha value is -1.27. The Morgan fingerprint density at radius 3 is 2.84 bits per heavy atom. The first-order valence-corrected chi connectivity index (χ1v) is 7.53. The summed E-state index contributed by atoms with van der Waals surface area (Å²) in [6.45, 7) is 6.11. The van der Waals surface area contributed by atoms with E-state index in [1.54, 1.807) is 12.1 Å². The van der Waals surface area contributed by atoms with Gasteiger partial charge in [0.05, 0.1) is 11.5 Å². The van der Waals surface area contributed by atoms with Crippen molar-refractivity contribution in [1.29, 1.82) is 0 Å². The van der Waals surface area contributed by atoms with Crippen molar-refractivity contribution in [1.82, 2.24) is 5.32 Å². The van der Waals surface area contributed by atoms with Crippen LogP contribution in [0.5, 0.6) is 5.75 Å². The van der Waals surface area contributed by atoms with Crippen molar-refractivity contribution >= 4 is 17.4 Å². The van der Waals surface area contributed by atoms with Gasteiger partial charge in [0.15, 0.2) is 0 Å². The molecule has 0 heterocycles. The first kappa shape index (κ1) is 15.8. The molecule has 0 spiro atoms. The van der Waals surface area contributed by atoms with Crippen molar-refractivity contribution in [3.05, 3.63) is 33.9 Å². The van der Waals surface area contributed by atoms with Gasteiger partial charge in [-0.1, -0.05) is 13.8 Å². The molecule has 0 saturated heterocycles. The molecule has 1 rings (SSSR count). The Labute approximate surface area is 117 Å². The van der Waals surface area contributed by atoms with Crippen LogP contribution in [0.1, 0.15) is 19.4 Å². The van der Waals surface area contributed by atoms with Crippen LogP contribution in [0.3, 0.4) is 0 Å². The van der Waals surface area contributed by atoms with E-state index < -0.39 is 0 Å². The van der Waals surface area contributed by atoms with Crippen molar-refractivity contribution in [2.45, 2.75) is 20.4 Å². The van der Waals surface area contributed by atoms with E-state index in [9.17, 15) is 10.1 Å². The number of hydrogen-bond acceptors (Lipinski definition) is 5. The number of nitro groups is 1. The molecule has 0 unspecified atom stereocenters. The summed E-state index contributed by atoms with van der Waals surface area (Å²) < 4.78 is 5.69. The molecule has 0 aromatic heterocycles. The number of rotatable bonds is 9. The number of ether oxygens (including phenoxy) is 1. The van der Waals surface area contributed by atoms with Gasteiger partial charge < -0.3 is 10.1 Å². The third-order valence-electron chi connectivity index (χ3n) is 2.51. The van der Waals surface area contributed by atoms with Gasteiger partial charge in [0, 0.05) is 30.0 Å². The standard InChI is InChI=1S/C13H20N2O3S/c1-3-14-10-11-9-12(15(16)17)5-6-13(11)18-7-8-19-4-2/h5-6,9,14H,3-4,7-8,10H2,1-2H3. The summed E-state index contributed by atoms with van der Waals surface area (Å²) in [6, 6.07) is 4.74. The zero-order valence-corrected chi connectivity index (χ0v) is 12.2. The molecule has 0 radical (unpaired) electrons. The third kappa shape index (κ3) is 5.48. The molecule has 1 aromatic rings. The monoisotopic (exact) mass is 284 g/mol. The van der Waals surface area contributed by atoms with Gasteiger partial charge in [-0.05, 0) is 18.4 Å². The molecule has 0 atom stereocenters. The zero-order valence-electron chi connectivity index (χ0n) is 11.3. The molecule has 0 amide bonds.